The smallest absolute Gasteiger partial charge is 0.0602 e. The van der Waals surface area contributed by atoms with Gasteiger partial charge in [-0.2, -0.15) is 0 Å². The summed E-state index contributed by atoms with van der Waals surface area (Å²) in [5.74, 6) is 0. The normalized spacial score (nSPS) is 12.7. The van der Waals surface area contributed by atoms with Crippen molar-refractivity contribution in [2.24, 2.45) is 0 Å². The number of aromatic nitrogens is 1. The standard InChI is InChI=1S/C34H22N2S/c1-2-10-24(11-3-1)36-29-15-6-7-16-31(29)37-32-21-23(18-20-30(32)36)26-13-8-14-27-34(26)33-25-12-5-4-9-22(25)17-19-28(33)35-27/h1-21,35H. The first-order valence-electron chi connectivity index (χ1n) is 12.5. The van der Waals surface area contributed by atoms with Crippen molar-refractivity contribution in [3.8, 4) is 11.1 Å². The number of fused-ring (bicyclic) bond motifs is 7. The molecular formula is C34H22N2S. The van der Waals surface area contributed by atoms with E-state index in [0.29, 0.717) is 0 Å². The van der Waals surface area contributed by atoms with Crippen molar-refractivity contribution in [3.05, 3.63) is 127 Å². The summed E-state index contributed by atoms with van der Waals surface area (Å²) in [6.07, 6.45) is 0. The molecule has 0 amide bonds. The molecule has 6 aromatic carbocycles. The molecule has 1 aliphatic rings. The summed E-state index contributed by atoms with van der Waals surface area (Å²) in [6.45, 7) is 0. The van der Waals surface area contributed by atoms with E-state index in [-0.39, 0.29) is 0 Å². The van der Waals surface area contributed by atoms with Crippen LogP contribution in [0.5, 0.6) is 0 Å². The van der Waals surface area contributed by atoms with E-state index in [1.807, 2.05) is 11.8 Å². The third kappa shape index (κ3) is 3.14. The van der Waals surface area contributed by atoms with Gasteiger partial charge in [0.2, 0.25) is 0 Å². The first kappa shape index (κ1) is 20.7. The number of para-hydroxylation sites is 2. The highest BCUT2D eigenvalue weighted by molar-refractivity contribution is 7.99. The Bertz CT molecular complexity index is 1970. The van der Waals surface area contributed by atoms with Gasteiger partial charge in [0.25, 0.3) is 0 Å². The Morgan fingerprint density at radius 1 is 0.541 bits per heavy atom. The maximum Gasteiger partial charge on any atom is 0.0602 e. The summed E-state index contributed by atoms with van der Waals surface area (Å²) in [7, 11) is 0. The highest BCUT2D eigenvalue weighted by Gasteiger charge is 2.25. The third-order valence-electron chi connectivity index (χ3n) is 7.37. The predicted octanol–water partition coefficient (Wildman–Crippen LogP) is 10.1. The number of H-pyrrole nitrogens is 1. The lowest BCUT2D eigenvalue weighted by molar-refractivity contribution is 1.17. The number of hydrogen-bond acceptors (Lipinski definition) is 2. The quantitative estimate of drug-likeness (QED) is 0.260. The molecule has 0 unspecified atom stereocenters. The van der Waals surface area contributed by atoms with Crippen molar-refractivity contribution in [1.82, 2.24) is 4.98 Å². The van der Waals surface area contributed by atoms with Gasteiger partial charge in [-0.3, -0.25) is 0 Å². The molecular weight excluding hydrogens is 468 g/mol. The van der Waals surface area contributed by atoms with Crippen molar-refractivity contribution in [3.63, 3.8) is 0 Å². The van der Waals surface area contributed by atoms with Crippen LogP contribution in [0.2, 0.25) is 0 Å². The van der Waals surface area contributed by atoms with Crippen molar-refractivity contribution in [2.45, 2.75) is 9.79 Å². The second-order valence-corrected chi connectivity index (χ2v) is 10.6. The third-order valence-corrected chi connectivity index (χ3v) is 8.48. The van der Waals surface area contributed by atoms with Crippen LogP contribution in [0.25, 0.3) is 43.7 Å². The molecule has 0 bridgehead atoms. The van der Waals surface area contributed by atoms with Crippen LogP contribution in [0.4, 0.5) is 17.1 Å². The van der Waals surface area contributed by atoms with Crippen molar-refractivity contribution >= 4 is 61.4 Å². The molecule has 0 radical (unpaired) electrons. The largest absolute Gasteiger partial charge is 0.354 e. The Morgan fingerprint density at radius 3 is 2.27 bits per heavy atom. The van der Waals surface area contributed by atoms with Crippen LogP contribution < -0.4 is 4.90 Å². The van der Waals surface area contributed by atoms with Crippen LogP contribution in [0.15, 0.2) is 137 Å². The molecule has 2 nitrogen and oxygen atoms in total. The van der Waals surface area contributed by atoms with Crippen LogP contribution >= 0.6 is 11.8 Å². The van der Waals surface area contributed by atoms with Crippen molar-refractivity contribution in [1.29, 1.82) is 0 Å². The Kier molecular flexibility index (Phi) is 4.49. The Hall–Kier alpha value is -4.47. The van der Waals surface area contributed by atoms with E-state index in [2.05, 4.69) is 137 Å². The van der Waals surface area contributed by atoms with Gasteiger partial charge >= 0.3 is 0 Å². The molecule has 0 aliphatic carbocycles. The number of nitrogens with zero attached hydrogens (tertiary/aromatic N) is 1. The highest BCUT2D eigenvalue weighted by Crippen LogP contribution is 2.52. The summed E-state index contributed by atoms with van der Waals surface area (Å²) in [4.78, 5) is 8.59. The Balaban J connectivity index is 1.37. The summed E-state index contributed by atoms with van der Waals surface area (Å²) in [5, 5.41) is 5.14. The Labute approximate surface area is 219 Å². The molecule has 0 saturated carbocycles. The lowest BCUT2D eigenvalue weighted by atomic mass is 9.96. The van der Waals surface area contributed by atoms with Gasteiger partial charge in [0.1, 0.15) is 0 Å². The SMILES string of the molecule is c1ccc(N2c3ccccc3Sc3cc(-c4cccc5[nH]c6ccc7ccccc7c6c45)ccc32)cc1. The summed E-state index contributed by atoms with van der Waals surface area (Å²) >= 11 is 1.85. The number of rotatable bonds is 2. The van der Waals surface area contributed by atoms with E-state index < -0.39 is 0 Å². The molecule has 0 saturated heterocycles. The molecule has 2 heterocycles. The Morgan fingerprint density at radius 2 is 1.32 bits per heavy atom. The maximum absolute atomic E-state index is 3.67. The molecule has 1 aliphatic heterocycles. The van der Waals surface area contributed by atoms with Gasteiger partial charge in [0.15, 0.2) is 0 Å². The molecule has 1 N–H and O–H groups in total. The fourth-order valence-electron chi connectivity index (χ4n) is 5.74. The van der Waals surface area contributed by atoms with Gasteiger partial charge < -0.3 is 9.88 Å². The number of anilines is 3. The number of benzene rings is 6. The van der Waals surface area contributed by atoms with Crippen molar-refractivity contribution < 1.29 is 0 Å². The highest BCUT2D eigenvalue weighted by atomic mass is 32.2. The average molecular weight is 491 g/mol. The summed E-state index contributed by atoms with van der Waals surface area (Å²) in [6, 6.07) is 46.0. The van der Waals surface area contributed by atoms with E-state index in [9.17, 15) is 0 Å². The average Bonchev–Trinajstić information content (AvgIpc) is 3.35. The molecule has 1 aromatic heterocycles. The van der Waals surface area contributed by atoms with Gasteiger partial charge in [-0.1, -0.05) is 90.6 Å². The van der Waals surface area contributed by atoms with E-state index >= 15 is 0 Å². The van der Waals surface area contributed by atoms with Gasteiger partial charge in [-0.15, -0.1) is 0 Å². The van der Waals surface area contributed by atoms with Gasteiger partial charge in [0.05, 0.1) is 11.4 Å². The van der Waals surface area contributed by atoms with E-state index in [1.165, 1.54) is 70.6 Å². The van der Waals surface area contributed by atoms with Crippen LogP contribution in [0.3, 0.4) is 0 Å². The summed E-state index contributed by atoms with van der Waals surface area (Å²) < 4.78 is 0. The predicted molar refractivity (Wildman–Crippen MR) is 158 cm³/mol. The van der Waals surface area contributed by atoms with E-state index in [4.69, 9.17) is 0 Å². The summed E-state index contributed by atoms with van der Waals surface area (Å²) in [5.41, 5.74) is 8.46. The molecule has 37 heavy (non-hydrogen) atoms. The minimum atomic E-state index is 1.17. The minimum absolute atomic E-state index is 1.17. The fourth-order valence-corrected chi connectivity index (χ4v) is 6.83. The number of nitrogens with one attached hydrogen (secondary N) is 1. The van der Waals surface area contributed by atoms with Gasteiger partial charge in [0, 0.05) is 37.3 Å². The molecule has 7 aromatic rings. The van der Waals surface area contributed by atoms with E-state index in [1.54, 1.807) is 0 Å². The fraction of sp³-hybridized carbons (Fsp3) is 0. The molecule has 8 rings (SSSR count). The zero-order chi connectivity index (χ0) is 24.3. The van der Waals surface area contributed by atoms with Gasteiger partial charge in [-0.05, 0) is 70.4 Å². The van der Waals surface area contributed by atoms with E-state index in [0.717, 1.165) is 0 Å². The zero-order valence-corrected chi connectivity index (χ0v) is 20.8. The number of aromatic amines is 1. The topological polar surface area (TPSA) is 19.0 Å². The van der Waals surface area contributed by atoms with Crippen LogP contribution in [-0.4, -0.2) is 4.98 Å². The van der Waals surface area contributed by atoms with Crippen LogP contribution in [0.1, 0.15) is 0 Å². The maximum atomic E-state index is 3.67. The lowest BCUT2D eigenvalue weighted by Gasteiger charge is -2.33. The van der Waals surface area contributed by atoms with Crippen LogP contribution in [-0.2, 0) is 0 Å². The molecule has 0 atom stereocenters. The second kappa shape index (κ2) is 8.02. The first-order chi connectivity index (χ1) is 18.3. The monoisotopic (exact) mass is 490 g/mol. The van der Waals surface area contributed by atoms with Crippen molar-refractivity contribution in [2.75, 3.05) is 4.90 Å². The first-order valence-corrected chi connectivity index (χ1v) is 13.4. The van der Waals surface area contributed by atoms with Crippen LogP contribution in [0, 0.1) is 0 Å². The molecule has 0 spiro atoms. The second-order valence-electron chi connectivity index (χ2n) is 9.49. The molecule has 0 fully saturated rings. The molecule has 3 heteroatoms. The van der Waals surface area contributed by atoms with Gasteiger partial charge in [-0.25, -0.2) is 0 Å². The molecule has 174 valence electrons. The minimum Gasteiger partial charge on any atom is -0.354 e. The lowest BCUT2D eigenvalue weighted by Crippen LogP contribution is -2.14. The zero-order valence-electron chi connectivity index (χ0n) is 20.0. The number of hydrogen-bond donors (Lipinski definition) is 1.